The Hall–Kier alpha value is -2.73. The first-order valence-electron chi connectivity index (χ1n) is 7.40. The number of ketones is 1. The molecule has 0 fully saturated rings. The van der Waals surface area contributed by atoms with Gasteiger partial charge >= 0.3 is 0 Å². The molecule has 0 heterocycles. The zero-order valence-corrected chi connectivity index (χ0v) is 14.1. The van der Waals surface area contributed by atoms with Crippen LogP contribution in [-0.4, -0.2) is 30.0 Å². The van der Waals surface area contributed by atoms with Crippen LogP contribution in [0.1, 0.15) is 15.9 Å². The first-order valence-corrected chi connectivity index (χ1v) is 7.81. The predicted octanol–water partition coefficient (Wildman–Crippen LogP) is 2.25. The molecule has 6 heteroatoms. The van der Waals surface area contributed by atoms with Crippen molar-refractivity contribution in [3.63, 3.8) is 0 Å². The molecule has 0 saturated heterocycles. The molecule has 0 atom stereocenters. The molecule has 0 aliphatic heterocycles. The van der Waals surface area contributed by atoms with Crippen molar-refractivity contribution in [2.24, 2.45) is 0 Å². The van der Waals surface area contributed by atoms with Gasteiger partial charge in [0.2, 0.25) is 0 Å². The van der Waals surface area contributed by atoms with Crippen molar-refractivity contribution >= 4 is 29.0 Å². The standard InChI is InChI=1S/C18H18N2O3S/c1-13-7-5-6-10-15(13)16(21)11-19-18(24)20-17(22)12-23-14-8-3-2-4-9-14/h2-10H,11-12H2,1H3,(H2,19,20,22,24). The summed E-state index contributed by atoms with van der Waals surface area (Å²) in [6.07, 6.45) is 0. The first kappa shape index (κ1) is 17.6. The minimum absolute atomic E-state index is 0.0174. The molecule has 124 valence electrons. The van der Waals surface area contributed by atoms with Gasteiger partial charge in [-0.05, 0) is 36.8 Å². The van der Waals surface area contributed by atoms with Gasteiger partial charge in [0.1, 0.15) is 5.75 Å². The van der Waals surface area contributed by atoms with E-state index < -0.39 is 0 Å². The maximum atomic E-state index is 12.1. The fourth-order valence-electron chi connectivity index (χ4n) is 2.01. The molecular weight excluding hydrogens is 324 g/mol. The maximum Gasteiger partial charge on any atom is 0.264 e. The molecule has 24 heavy (non-hydrogen) atoms. The maximum absolute atomic E-state index is 12.1. The van der Waals surface area contributed by atoms with E-state index >= 15 is 0 Å². The van der Waals surface area contributed by atoms with Gasteiger partial charge in [-0.15, -0.1) is 0 Å². The SMILES string of the molecule is Cc1ccccc1C(=O)CNC(=S)NC(=O)COc1ccccc1. The van der Waals surface area contributed by atoms with Gasteiger partial charge in [-0.3, -0.25) is 9.59 Å². The molecular formula is C18H18N2O3S. The molecule has 0 unspecified atom stereocenters. The number of nitrogens with one attached hydrogen (secondary N) is 2. The van der Waals surface area contributed by atoms with Crippen LogP contribution in [0.15, 0.2) is 54.6 Å². The summed E-state index contributed by atoms with van der Waals surface area (Å²) >= 11 is 5.01. The minimum atomic E-state index is -0.389. The monoisotopic (exact) mass is 342 g/mol. The van der Waals surface area contributed by atoms with Crippen LogP contribution >= 0.6 is 12.2 Å². The summed E-state index contributed by atoms with van der Waals surface area (Å²) in [7, 11) is 0. The van der Waals surface area contributed by atoms with Crippen LogP contribution in [0.2, 0.25) is 0 Å². The lowest BCUT2D eigenvalue weighted by molar-refractivity contribution is -0.121. The Morgan fingerprint density at radius 2 is 1.71 bits per heavy atom. The lowest BCUT2D eigenvalue weighted by Gasteiger charge is -2.10. The van der Waals surface area contributed by atoms with Gasteiger partial charge in [0.25, 0.3) is 5.91 Å². The normalized spacial score (nSPS) is 9.88. The van der Waals surface area contributed by atoms with Crippen molar-refractivity contribution in [1.82, 2.24) is 10.6 Å². The van der Waals surface area contributed by atoms with Crippen molar-refractivity contribution in [1.29, 1.82) is 0 Å². The van der Waals surface area contributed by atoms with E-state index in [1.54, 1.807) is 24.3 Å². The molecule has 0 aromatic heterocycles. The minimum Gasteiger partial charge on any atom is -0.484 e. The second kappa shape index (κ2) is 8.79. The number of para-hydroxylation sites is 1. The number of hydrogen-bond acceptors (Lipinski definition) is 4. The van der Waals surface area contributed by atoms with E-state index in [0.717, 1.165) is 5.56 Å². The largest absolute Gasteiger partial charge is 0.484 e. The Kier molecular flexibility index (Phi) is 6.45. The average molecular weight is 342 g/mol. The fraction of sp³-hybridized carbons (Fsp3) is 0.167. The molecule has 0 saturated carbocycles. The number of rotatable bonds is 6. The second-order valence-corrected chi connectivity index (χ2v) is 5.48. The predicted molar refractivity (Wildman–Crippen MR) is 96.2 cm³/mol. The van der Waals surface area contributed by atoms with E-state index in [4.69, 9.17) is 17.0 Å². The average Bonchev–Trinajstić information content (AvgIpc) is 2.59. The fourth-order valence-corrected chi connectivity index (χ4v) is 2.20. The van der Waals surface area contributed by atoms with Crippen LogP contribution < -0.4 is 15.4 Å². The van der Waals surface area contributed by atoms with Crippen LogP contribution in [0.4, 0.5) is 0 Å². The summed E-state index contributed by atoms with van der Waals surface area (Å²) in [6, 6.07) is 16.3. The zero-order valence-electron chi connectivity index (χ0n) is 13.2. The van der Waals surface area contributed by atoms with Gasteiger partial charge in [0.15, 0.2) is 17.5 Å². The number of hydrogen-bond donors (Lipinski definition) is 2. The second-order valence-electron chi connectivity index (χ2n) is 5.07. The van der Waals surface area contributed by atoms with Crippen molar-refractivity contribution in [3.05, 3.63) is 65.7 Å². The van der Waals surface area contributed by atoms with Crippen LogP contribution in [0.3, 0.4) is 0 Å². The summed E-state index contributed by atoms with van der Waals surface area (Å²) in [6.45, 7) is 1.73. The smallest absolute Gasteiger partial charge is 0.264 e. The van der Waals surface area contributed by atoms with Crippen LogP contribution in [-0.2, 0) is 4.79 Å². The van der Waals surface area contributed by atoms with E-state index in [1.807, 2.05) is 37.3 Å². The third kappa shape index (κ3) is 5.48. The van der Waals surface area contributed by atoms with Gasteiger partial charge in [0.05, 0.1) is 6.54 Å². The number of Topliss-reactive ketones (excluding diaryl/α,β-unsaturated/α-hetero) is 1. The number of carbonyl (C=O) groups excluding carboxylic acids is 2. The molecule has 0 radical (unpaired) electrons. The molecule has 2 aromatic rings. The highest BCUT2D eigenvalue weighted by molar-refractivity contribution is 7.80. The Morgan fingerprint density at radius 3 is 2.42 bits per heavy atom. The number of thiocarbonyl (C=S) groups is 1. The van der Waals surface area contributed by atoms with Crippen molar-refractivity contribution in [2.45, 2.75) is 6.92 Å². The number of benzene rings is 2. The number of aryl methyl sites for hydroxylation is 1. The number of carbonyl (C=O) groups is 2. The third-order valence-electron chi connectivity index (χ3n) is 3.22. The van der Waals surface area contributed by atoms with Gasteiger partial charge < -0.3 is 15.4 Å². The molecule has 0 aliphatic carbocycles. The Balaban J connectivity index is 1.74. The van der Waals surface area contributed by atoms with Crippen molar-refractivity contribution in [3.8, 4) is 5.75 Å². The number of ether oxygens (including phenoxy) is 1. The number of amides is 1. The third-order valence-corrected chi connectivity index (χ3v) is 3.47. The van der Waals surface area contributed by atoms with Gasteiger partial charge in [-0.2, -0.15) is 0 Å². The highest BCUT2D eigenvalue weighted by atomic mass is 32.1. The van der Waals surface area contributed by atoms with E-state index in [9.17, 15) is 9.59 Å². The van der Waals surface area contributed by atoms with Crippen LogP contribution in [0.5, 0.6) is 5.75 Å². The van der Waals surface area contributed by atoms with Crippen LogP contribution in [0, 0.1) is 6.92 Å². The summed E-state index contributed by atoms with van der Waals surface area (Å²) in [4.78, 5) is 23.9. The van der Waals surface area contributed by atoms with E-state index in [2.05, 4.69) is 10.6 Å². The van der Waals surface area contributed by atoms with Crippen molar-refractivity contribution in [2.75, 3.05) is 13.2 Å². The lowest BCUT2D eigenvalue weighted by atomic mass is 10.1. The summed E-state index contributed by atoms with van der Waals surface area (Å²) in [5.74, 6) is 0.117. The molecule has 0 bridgehead atoms. The van der Waals surface area contributed by atoms with E-state index in [0.29, 0.717) is 11.3 Å². The van der Waals surface area contributed by atoms with Gasteiger partial charge in [-0.1, -0.05) is 42.5 Å². The molecule has 5 nitrogen and oxygen atoms in total. The molecule has 2 aromatic carbocycles. The first-order chi connectivity index (χ1) is 11.6. The highest BCUT2D eigenvalue weighted by Crippen LogP contribution is 2.08. The highest BCUT2D eigenvalue weighted by Gasteiger charge is 2.10. The quantitative estimate of drug-likeness (QED) is 0.622. The summed E-state index contributed by atoms with van der Waals surface area (Å²) < 4.78 is 5.31. The summed E-state index contributed by atoms with van der Waals surface area (Å²) in [5, 5.41) is 5.30. The van der Waals surface area contributed by atoms with Crippen LogP contribution in [0.25, 0.3) is 0 Å². The van der Waals surface area contributed by atoms with E-state index in [1.165, 1.54) is 0 Å². The van der Waals surface area contributed by atoms with Gasteiger partial charge in [-0.25, -0.2) is 0 Å². The molecule has 2 rings (SSSR count). The van der Waals surface area contributed by atoms with Crippen molar-refractivity contribution < 1.29 is 14.3 Å². The Morgan fingerprint density at radius 1 is 1.04 bits per heavy atom. The van der Waals surface area contributed by atoms with E-state index in [-0.39, 0.29) is 30.0 Å². The molecule has 1 amide bonds. The molecule has 0 spiro atoms. The lowest BCUT2D eigenvalue weighted by Crippen LogP contribution is -2.43. The zero-order chi connectivity index (χ0) is 17.4. The summed E-state index contributed by atoms with van der Waals surface area (Å²) in [5.41, 5.74) is 1.53. The van der Waals surface area contributed by atoms with Gasteiger partial charge in [0, 0.05) is 5.56 Å². The Bertz CT molecular complexity index is 732. The molecule has 0 aliphatic rings. The Labute approximate surface area is 146 Å². The molecule has 2 N–H and O–H groups in total. The topological polar surface area (TPSA) is 67.4 Å².